The molecule has 1 aliphatic rings. The van der Waals surface area contributed by atoms with E-state index in [0.717, 1.165) is 0 Å². The third-order valence-corrected chi connectivity index (χ3v) is 4.62. The SMILES string of the molecule is CS(=O)(=O)CCN1CCN(C(=O)c2ccc(C#N)cc2)CC1. The van der Waals surface area contributed by atoms with Gasteiger partial charge in [-0.1, -0.05) is 0 Å². The summed E-state index contributed by atoms with van der Waals surface area (Å²) in [6.45, 7) is 3.04. The number of hydrogen-bond donors (Lipinski definition) is 0. The van der Waals surface area contributed by atoms with E-state index in [1.165, 1.54) is 6.26 Å². The highest BCUT2D eigenvalue weighted by Gasteiger charge is 2.22. The average Bonchev–Trinajstić information content (AvgIpc) is 2.52. The Hall–Kier alpha value is -1.91. The van der Waals surface area contributed by atoms with Crippen LogP contribution in [0.1, 0.15) is 15.9 Å². The smallest absolute Gasteiger partial charge is 0.253 e. The molecule has 118 valence electrons. The number of rotatable bonds is 4. The van der Waals surface area contributed by atoms with E-state index in [9.17, 15) is 13.2 Å². The Kier molecular flexibility index (Phi) is 5.16. The maximum atomic E-state index is 12.4. The highest BCUT2D eigenvalue weighted by Crippen LogP contribution is 2.10. The fourth-order valence-electron chi connectivity index (χ4n) is 2.34. The fraction of sp³-hybridized carbons (Fsp3) is 0.467. The molecule has 1 saturated heterocycles. The number of amides is 1. The number of sulfone groups is 1. The van der Waals surface area contributed by atoms with E-state index in [2.05, 4.69) is 4.90 Å². The molecule has 0 aromatic heterocycles. The average molecular weight is 321 g/mol. The molecule has 1 aromatic carbocycles. The molecular weight excluding hydrogens is 302 g/mol. The van der Waals surface area contributed by atoms with Crippen LogP contribution < -0.4 is 0 Å². The summed E-state index contributed by atoms with van der Waals surface area (Å²) in [5.74, 6) is 0.101. The number of nitriles is 1. The summed E-state index contributed by atoms with van der Waals surface area (Å²) in [6, 6.07) is 8.62. The quantitative estimate of drug-likeness (QED) is 0.800. The molecule has 1 aromatic rings. The molecule has 0 atom stereocenters. The van der Waals surface area contributed by atoms with E-state index >= 15 is 0 Å². The minimum atomic E-state index is -2.95. The number of hydrogen-bond acceptors (Lipinski definition) is 5. The van der Waals surface area contributed by atoms with Gasteiger partial charge in [0, 0.05) is 44.5 Å². The van der Waals surface area contributed by atoms with Crippen molar-refractivity contribution in [2.45, 2.75) is 0 Å². The topological polar surface area (TPSA) is 81.5 Å². The Labute approximate surface area is 130 Å². The van der Waals surface area contributed by atoms with Crippen molar-refractivity contribution in [2.24, 2.45) is 0 Å². The highest BCUT2D eigenvalue weighted by molar-refractivity contribution is 7.90. The molecule has 0 radical (unpaired) electrons. The zero-order chi connectivity index (χ0) is 16.2. The van der Waals surface area contributed by atoms with Crippen LogP contribution in [-0.2, 0) is 9.84 Å². The summed E-state index contributed by atoms with van der Waals surface area (Å²) < 4.78 is 22.3. The van der Waals surface area contributed by atoms with Gasteiger partial charge in [0.05, 0.1) is 17.4 Å². The summed E-state index contributed by atoms with van der Waals surface area (Å²) in [7, 11) is -2.95. The van der Waals surface area contributed by atoms with Gasteiger partial charge in [-0.25, -0.2) is 8.42 Å². The maximum absolute atomic E-state index is 12.4. The lowest BCUT2D eigenvalue weighted by Crippen LogP contribution is -2.49. The largest absolute Gasteiger partial charge is 0.336 e. The molecular formula is C15H19N3O3S. The van der Waals surface area contributed by atoms with Crippen LogP contribution >= 0.6 is 0 Å². The van der Waals surface area contributed by atoms with Gasteiger partial charge in [0.2, 0.25) is 0 Å². The molecule has 0 N–H and O–H groups in total. The second-order valence-electron chi connectivity index (χ2n) is 5.45. The minimum Gasteiger partial charge on any atom is -0.336 e. The number of piperazine rings is 1. The van der Waals surface area contributed by atoms with Gasteiger partial charge in [0.15, 0.2) is 0 Å². The van der Waals surface area contributed by atoms with Gasteiger partial charge in [0.25, 0.3) is 5.91 Å². The monoisotopic (exact) mass is 321 g/mol. The molecule has 1 heterocycles. The first-order valence-corrected chi connectivity index (χ1v) is 9.14. The summed E-state index contributed by atoms with van der Waals surface area (Å²) in [6.07, 6.45) is 1.23. The number of nitrogens with zero attached hydrogens (tertiary/aromatic N) is 3. The third kappa shape index (κ3) is 4.55. The Bertz CT molecular complexity index is 669. The van der Waals surface area contributed by atoms with Crippen molar-refractivity contribution in [2.75, 3.05) is 44.7 Å². The second-order valence-corrected chi connectivity index (χ2v) is 7.71. The normalized spacial score (nSPS) is 16.3. The van der Waals surface area contributed by atoms with E-state index in [4.69, 9.17) is 5.26 Å². The Morgan fingerprint density at radius 3 is 2.27 bits per heavy atom. The Morgan fingerprint density at radius 2 is 1.77 bits per heavy atom. The number of carbonyl (C=O) groups is 1. The molecule has 1 amide bonds. The predicted octanol–water partition coefficient (Wildman–Crippen LogP) is 0.361. The van der Waals surface area contributed by atoms with Crippen LogP contribution in [0.3, 0.4) is 0 Å². The van der Waals surface area contributed by atoms with Crippen molar-refractivity contribution in [1.29, 1.82) is 5.26 Å². The van der Waals surface area contributed by atoms with E-state index in [-0.39, 0.29) is 11.7 Å². The summed E-state index contributed by atoms with van der Waals surface area (Å²) in [4.78, 5) is 16.2. The lowest BCUT2D eigenvalue weighted by atomic mass is 10.1. The van der Waals surface area contributed by atoms with Gasteiger partial charge in [-0.15, -0.1) is 0 Å². The Morgan fingerprint density at radius 1 is 1.18 bits per heavy atom. The first-order valence-electron chi connectivity index (χ1n) is 7.08. The van der Waals surface area contributed by atoms with Crippen molar-refractivity contribution in [1.82, 2.24) is 9.80 Å². The molecule has 0 bridgehead atoms. The zero-order valence-electron chi connectivity index (χ0n) is 12.5. The van der Waals surface area contributed by atoms with Gasteiger partial charge in [-0.2, -0.15) is 5.26 Å². The van der Waals surface area contributed by atoms with Crippen molar-refractivity contribution in [3.05, 3.63) is 35.4 Å². The van der Waals surface area contributed by atoms with Gasteiger partial charge < -0.3 is 4.90 Å². The molecule has 1 aliphatic heterocycles. The first-order chi connectivity index (χ1) is 10.4. The molecule has 6 nitrogen and oxygen atoms in total. The summed E-state index contributed by atoms with van der Waals surface area (Å²) >= 11 is 0. The first kappa shape index (κ1) is 16.5. The van der Waals surface area contributed by atoms with Crippen LogP contribution in [0, 0.1) is 11.3 Å². The van der Waals surface area contributed by atoms with Gasteiger partial charge >= 0.3 is 0 Å². The molecule has 22 heavy (non-hydrogen) atoms. The molecule has 1 fully saturated rings. The predicted molar refractivity (Wildman–Crippen MR) is 83.2 cm³/mol. The minimum absolute atomic E-state index is 0.0488. The van der Waals surface area contributed by atoms with Crippen LogP contribution in [0.25, 0.3) is 0 Å². The summed E-state index contributed by atoms with van der Waals surface area (Å²) in [5.41, 5.74) is 1.10. The molecule has 0 saturated carbocycles. The van der Waals surface area contributed by atoms with Crippen LogP contribution in [0.15, 0.2) is 24.3 Å². The zero-order valence-corrected chi connectivity index (χ0v) is 13.3. The van der Waals surface area contributed by atoms with Crippen LogP contribution in [-0.4, -0.2) is 68.9 Å². The van der Waals surface area contributed by atoms with E-state index < -0.39 is 9.84 Å². The van der Waals surface area contributed by atoms with Gasteiger partial charge in [-0.3, -0.25) is 9.69 Å². The van der Waals surface area contributed by atoms with Crippen LogP contribution in [0.4, 0.5) is 0 Å². The van der Waals surface area contributed by atoms with Crippen LogP contribution in [0.2, 0.25) is 0 Å². The molecule has 0 spiro atoms. The lowest BCUT2D eigenvalue weighted by Gasteiger charge is -2.34. The van der Waals surface area contributed by atoms with Gasteiger partial charge in [-0.05, 0) is 24.3 Å². The molecule has 0 aliphatic carbocycles. The molecule has 2 rings (SSSR count). The number of carbonyl (C=O) groups excluding carboxylic acids is 1. The molecule has 7 heteroatoms. The van der Waals surface area contributed by atoms with E-state index in [1.54, 1.807) is 29.2 Å². The van der Waals surface area contributed by atoms with Crippen LogP contribution in [0.5, 0.6) is 0 Å². The fourth-order valence-corrected chi connectivity index (χ4v) is 2.93. The number of benzene rings is 1. The second kappa shape index (κ2) is 6.90. The van der Waals surface area contributed by atoms with Gasteiger partial charge in [0.1, 0.15) is 9.84 Å². The van der Waals surface area contributed by atoms with E-state index in [1.807, 2.05) is 6.07 Å². The lowest BCUT2D eigenvalue weighted by molar-refractivity contribution is 0.0644. The standard InChI is InChI=1S/C15H19N3O3S/c1-22(20,21)11-10-17-6-8-18(9-7-17)15(19)14-4-2-13(12-16)3-5-14/h2-5H,6-11H2,1H3. The summed E-state index contributed by atoms with van der Waals surface area (Å²) in [5, 5.41) is 8.76. The van der Waals surface area contributed by atoms with E-state index in [0.29, 0.717) is 43.9 Å². The van der Waals surface area contributed by atoms with Crippen molar-refractivity contribution in [3.63, 3.8) is 0 Å². The maximum Gasteiger partial charge on any atom is 0.253 e. The van der Waals surface area contributed by atoms with Crippen molar-refractivity contribution >= 4 is 15.7 Å². The molecule has 0 unspecified atom stereocenters. The highest BCUT2D eigenvalue weighted by atomic mass is 32.2. The van der Waals surface area contributed by atoms with Crippen molar-refractivity contribution < 1.29 is 13.2 Å². The third-order valence-electron chi connectivity index (χ3n) is 3.70. The van der Waals surface area contributed by atoms with Crippen molar-refractivity contribution in [3.8, 4) is 6.07 Å². The Balaban J connectivity index is 1.88.